The van der Waals surface area contributed by atoms with Crippen LogP contribution in [-0.2, 0) is 0 Å². The normalized spacial score (nSPS) is 9.85. The topological polar surface area (TPSA) is 83.2 Å². The minimum Gasteiger partial charge on any atom is -0.477 e. The summed E-state index contributed by atoms with van der Waals surface area (Å²) in [6.07, 6.45) is 1.47. The van der Waals surface area contributed by atoms with Crippen LogP contribution in [0.1, 0.15) is 27.0 Å². The monoisotopic (exact) mass is 268 g/mol. The van der Waals surface area contributed by atoms with E-state index in [-0.39, 0.29) is 11.4 Å². The molecule has 0 amide bonds. The zero-order chi connectivity index (χ0) is 14.7. The van der Waals surface area contributed by atoms with Crippen molar-refractivity contribution in [2.45, 2.75) is 13.8 Å². The smallest absolute Gasteiger partial charge is 0.341 e. The van der Waals surface area contributed by atoms with Gasteiger partial charge in [0.15, 0.2) is 0 Å². The Morgan fingerprint density at radius 3 is 2.55 bits per heavy atom. The third kappa shape index (κ3) is 2.59. The van der Waals surface area contributed by atoms with Crippen LogP contribution in [0.4, 0.5) is 0 Å². The lowest BCUT2D eigenvalue weighted by Crippen LogP contribution is -2.03. The summed E-state index contributed by atoms with van der Waals surface area (Å²) in [5, 5.41) is 18.0. The second-order valence-corrected chi connectivity index (χ2v) is 4.31. The Kier molecular flexibility index (Phi) is 3.67. The fraction of sp³-hybridized carbons (Fsp3) is 0.133. The number of aromatic nitrogens is 1. The number of benzene rings is 1. The summed E-state index contributed by atoms with van der Waals surface area (Å²) < 4.78 is 5.63. The summed E-state index contributed by atoms with van der Waals surface area (Å²) >= 11 is 0. The highest BCUT2D eigenvalue weighted by molar-refractivity contribution is 5.90. The number of hydrogen-bond donors (Lipinski definition) is 1. The molecule has 0 spiro atoms. The highest BCUT2D eigenvalue weighted by Gasteiger charge is 2.15. The lowest BCUT2D eigenvalue weighted by atomic mass is 10.1. The van der Waals surface area contributed by atoms with E-state index in [1.54, 1.807) is 26.0 Å². The van der Waals surface area contributed by atoms with Gasteiger partial charge in [-0.15, -0.1) is 0 Å². The molecular formula is C15H12N2O3. The first-order valence-electron chi connectivity index (χ1n) is 5.90. The van der Waals surface area contributed by atoms with Gasteiger partial charge in [-0.2, -0.15) is 5.26 Å². The zero-order valence-corrected chi connectivity index (χ0v) is 11.0. The summed E-state index contributed by atoms with van der Waals surface area (Å²) in [4.78, 5) is 15.1. The van der Waals surface area contributed by atoms with Gasteiger partial charge in [-0.3, -0.25) is 0 Å². The first kappa shape index (κ1) is 13.6. The van der Waals surface area contributed by atoms with Crippen molar-refractivity contribution in [3.63, 3.8) is 0 Å². The molecule has 0 aliphatic carbocycles. The maximum absolute atomic E-state index is 11.1. The van der Waals surface area contributed by atoms with Crippen molar-refractivity contribution >= 4 is 5.97 Å². The van der Waals surface area contributed by atoms with Crippen LogP contribution in [0.3, 0.4) is 0 Å². The molecule has 0 atom stereocenters. The van der Waals surface area contributed by atoms with Crippen LogP contribution in [0.2, 0.25) is 0 Å². The lowest BCUT2D eigenvalue weighted by molar-refractivity contribution is 0.0693. The molecule has 0 unspecified atom stereocenters. The molecule has 1 aromatic heterocycles. The molecule has 100 valence electrons. The molecule has 1 N–H and O–H groups in total. The number of carboxylic acids is 1. The highest BCUT2D eigenvalue weighted by atomic mass is 16.5. The number of aromatic carboxylic acids is 1. The Morgan fingerprint density at radius 1 is 1.35 bits per heavy atom. The van der Waals surface area contributed by atoms with Crippen LogP contribution >= 0.6 is 0 Å². The van der Waals surface area contributed by atoms with Gasteiger partial charge in [-0.25, -0.2) is 9.78 Å². The minimum atomic E-state index is -1.10. The lowest BCUT2D eigenvalue weighted by Gasteiger charge is -2.12. The fourth-order valence-corrected chi connectivity index (χ4v) is 1.91. The summed E-state index contributed by atoms with van der Waals surface area (Å²) in [5.74, 6) is -0.543. The molecule has 5 heteroatoms. The quantitative estimate of drug-likeness (QED) is 0.924. The number of nitrogens with zero attached hydrogens (tertiary/aromatic N) is 2. The zero-order valence-electron chi connectivity index (χ0n) is 11.0. The van der Waals surface area contributed by atoms with Crippen molar-refractivity contribution in [1.82, 2.24) is 4.98 Å². The summed E-state index contributed by atoms with van der Waals surface area (Å²) in [6, 6.07) is 8.40. The maximum atomic E-state index is 11.1. The first-order chi connectivity index (χ1) is 9.52. The SMILES string of the molecule is Cc1cc(C#N)cc(C)c1Oc1ncccc1C(=O)O. The van der Waals surface area contributed by atoms with E-state index in [1.165, 1.54) is 18.3 Å². The van der Waals surface area contributed by atoms with E-state index in [2.05, 4.69) is 11.1 Å². The number of aryl methyl sites for hydroxylation is 2. The van der Waals surface area contributed by atoms with Crippen molar-refractivity contribution in [3.8, 4) is 17.7 Å². The van der Waals surface area contributed by atoms with E-state index in [0.29, 0.717) is 11.3 Å². The Bertz CT molecular complexity index is 694. The number of rotatable bonds is 3. The average Bonchev–Trinajstić information content (AvgIpc) is 2.42. The number of carboxylic acid groups (broad SMARTS) is 1. The highest BCUT2D eigenvalue weighted by Crippen LogP contribution is 2.30. The van der Waals surface area contributed by atoms with Crippen LogP contribution in [0, 0.1) is 25.2 Å². The molecule has 0 aliphatic rings. The van der Waals surface area contributed by atoms with Gasteiger partial charge in [0.25, 0.3) is 0 Å². The first-order valence-corrected chi connectivity index (χ1v) is 5.90. The molecule has 1 heterocycles. The molecule has 2 rings (SSSR count). The molecule has 0 radical (unpaired) electrons. The number of hydrogen-bond acceptors (Lipinski definition) is 4. The van der Waals surface area contributed by atoms with Crippen LogP contribution in [0.25, 0.3) is 0 Å². The standard InChI is InChI=1S/C15H12N2O3/c1-9-6-11(8-16)7-10(2)13(9)20-14-12(15(18)19)4-3-5-17-14/h3-7H,1-2H3,(H,18,19). The molecule has 2 aromatic rings. The molecule has 0 saturated carbocycles. The summed E-state index contributed by atoms with van der Waals surface area (Å²) in [5.41, 5.74) is 2.04. The number of ether oxygens (including phenoxy) is 1. The number of pyridine rings is 1. The minimum absolute atomic E-state index is 0.00402. The number of nitriles is 1. The van der Waals surface area contributed by atoms with Gasteiger partial charge in [0, 0.05) is 6.20 Å². The van der Waals surface area contributed by atoms with Crippen LogP contribution in [-0.4, -0.2) is 16.1 Å². The van der Waals surface area contributed by atoms with E-state index in [9.17, 15) is 4.79 Å². The Morgan fingerprint density at radius 2 is 2.00 bits per heavy atom. The van der Waals surface area contributed by atoms with Crippen molar-refractivity contribution in [3.05, 3.63) is 52.7 Å². The molecule has 0 aliphatic heterocycles. The van der Waals surface area contributed by atoms with Gasteiger partial charge in [0.1, 0.15) is 11.3 Å². The third-order valence-corrected chi connectivity index (χ3v) is 2.79. The predicted molar refractivity (Wildman–Crippen MR) is 71.9 cm³/mol. The van der Waals surface area contributed by atoms with E-state index >= 15 is 0 Å². The molecule has 0 saturated heterocycles. The van der Waals surface area contributed by atoms with Crippen LogP contribution in [0.5, 0.6) is 11.6 Å². The molecule has 20 heavy (non-hydrogen) atoms. The second-order valence-electron chi connectivity index (χ2n) is 4.31. The van der Waals surface area contributed by atoms with E-state index in [4.69, 9.17) is 15.1 Å². The molecule has 0 fully saturated rings. The largest absolute Gasteiger partial charge is 0.477 e. The van der Waals surface area contributed by atoms with E-state index < -0.39 is 5.97 Å². The van der Waals surface area contributed by atoms with Crippen molar-refractivity contribution in [2.24, 2.45) is 0 Å². The van der Waals surface area contributed by atoms with Gasteiger partial charge in [-0.05, 0) is 49.2 Å². The van der Waals surface area contributed by atoms with Gasteiger partial charge in [0.2, 0.25) is 5.88 Å². The van der Waals surface area contributed by atoms with Gasteiger partial charge >= 0.3 is 5.97 Å². The summed E-state index contributed by atoms with van der Waals surface area (Å²) in [6.45, 7) is 3.60. The van der Waals surface area contributed by atoms with Crippen molar-refractivity contribution < 1.29 is 14.6 Å². The maximum Gasteiger partial charge on any atom is 0.341 e. The Hall–Kier alpha value is -2.87. The van der Waals surface area contributed by atoms with Crippen LogP contribution < -0.4 is 4.74 Å². The molecule has 1 aromatic carbocycles. The predicted octanol–water partition coefficient (Wildman–Crippen LogP) is 3.06. The Labute approximate surface area is 116 Å². The van der Waals surface area contributed by atoms with E-state index in [1.807, 2.05) is 0 Å². The fourth-order valence-electron chi connectivity index (χ4n) is 1.91. The summed E-state index contributed by atoms with van der Waals surface area (Å²) in [7, 11) is 0. The average molecular weight is 268 g/mol. The van der Waals surface area contributed by atoms with E-state index in [0.717, 1.165) is 11.1 Å². The third-order valence-electron chi connectivity index (χ3n) is 2.79. The Balaban J connectivity index is 2.46. The number of carbonyl (C=O) groups is 1. The van der Waals surface area contributed by atoms with Crippen molar-refractivity contribution in [1.29, 1.82) is 5.26 Å². The van der Waals surface area contributed by atoms with Gasteiger partial charge in [0.05, 0.1) is 11.6 Å². The van der Waals surface area contributed by atoms with Crippen molar-refractivity contribution in [2.75, 3.05) is 0 Å². The van der Waals surface area contributed by atoms with Gasteiger partial charge < -0.3 is 9.84 Å². The molecule has 0 bridgehead atoms. The second kappa shape index (κ2) is 5.41. The molecular weight excluding hydrogens is 256 g/mol. The molecule has 5 nitrogen and oxygen atoms in total. The van der Waals surface area contributed by atoms with Gasteiger partial charge in [-0.1, -0.05) is 0 Å². The van der Waals surface area contributed by atoms with Crippen LogP contribution in [0.15, 0.2) is 30.5 Å².